The lowest BCUT2D eigenvalue weighted by Gasteiger charge is -2.27. The van der Waals surface area contributed by atoms with Gasteiger partial charge in [-0.15, -0.1) is 0 Å². The van der Waals surface area contributed by atoms with Gasteiger partial charge >= 0.3 is 0 Å². The van der Waals surface area contributed by atoms with Gasteiger partial charge in [0, 0.05) is 6.54 Å². The molecule has 1 atom stereocenters. The van der Waals surface area contributed by atoms with Crippen LogP contribution in [0.4, 0.5) is 0 Å². The molecule has 3 aromatic rings. The standard InChI is InChI=1S/C27H31NO/c1-20-5-4-6-24(15-20)23-10-7-21(8-11-23)19-29-27-14-13-25-16-22(18-28(2)3)9-12-26(25)17-27/h4-8,10-11,13-15,17,22H,9,12,16,18-19H2,1-3H3. The van der Waals surface area contributed by atoms with Crippen molar-refractivity contribution < 1.29 is 4.74 Å². The molecule has 2 heteroatoms. The van der Waals surface area contributed by atoms with Crippen molar-refractivity contribution in [3.8, 4) is 16.9 Å². The summed E-state index contributed by atoms with van der Waals surface area (Å²) in [5.74, 6) is 1.76. The highest BCUT2D eigenvalue weighted by Gasteiger charge is 2.19. The molecule has 0 amide bonds. The second-order valence-electron chi connectivity index (χ2n) is 8.66. The number of ether oxygens (including phenoxy) is 1. The molecule has 0 saturated heterocycles. The van der Waals surface area contributed by atoms with Crippen LogP contribution in [0.3, 0.4) is 0 Å². The van der Waals surface area contributed by atoms with Gasteiger partial charge in [-0.1, -0.05) is 60.2 Å². The molecule has 1 unspecified atom stereocenters. The molecule has 0 N–H and O–H groups in total. The summed E-state index contributed by atoms with van der Waals surface area (Å²) in [7, 11) is 4.33. The summed E-state index contributed by atoms with van der Waals surface area (Å²) in [6.45, 7) is 3.92. The van der Waals surface area contributed by atoms with E-state index in [0.29, 0.717) is 6.61 Å². The number of rotatable bonds is 6. The fourth-order valence-corrected chi connectivity index (χ4v) is 4.35. The number of aryl methyl sites for hydroxylation is 2. The number of nitrogens with zero attached hydrogens (tertiary/aromatic N) is 1. The van der Waals surface area contributed by atoms with Gasteiger partial charge in [-0.3, -0.25) is 0 Å². The molecule has 0 saturated carbocycles. The number of fused-ring (bicyclic) bond motifs is 1. The van der Waals surface area contributed by atoms with Gasteiger partial charge < -0.3 is 9.64 Å². The first-order valence-corrected chi connectivity index (χ1v) is 10.6. The normalized spacial score (nSPS) is 15.9. The van der Waals surface area contributed by atoms with Crippen molar-refractivity contribution >= 4 is 0 Å². The molecule has 0 radical (unpaired) electrons. The van der Waals surface area contributed by atoms with Crippen molar-refractivity contribution in [2.75, 3.05) is 20.6 Å². The summed E-state index contributed by atoms with van der Waals surface area (Å²) < 4.78 is 6.11. The maximum Gasteiger partial charge on any atom is 0.120 e. The monoisotopic (exact) mass is 385 g/mol. The van der Waals surface area contributed by atoms with Gasteiger partial charge in [-0.2, -0.15) is 0 Å². The fourth-order valence-electron chi connectivity index (χ4n) is 4.35. The summed E-state index contributed by atoms with van der Waals surface area (Å²) in [6, 6.07) is 24.0. The largest absolute Gasteiger partial charge is 0.489 e. The fraction of sp³-hybridized carbons (Fsp3) is 0.333. The van der Waals surface area contributed by atoms with E-state index in [9.17, 15) is 0 Å². The van der Waals surface area contributed by atoms with Crippen LogP contribution < -0.4 is 4.74 Å². The second-order valence-corrected chi connectivity index (χ2v) is 8.66. The lowest BCUT2D eigenvalue weighted by molar-refractivity contribution is 0.297. The van der Waals surface area contributed by atoms with E-state index in [0.717, 1.165) is 18.1 Å². The molecule has 0 aromatic heterocycles. The van der Waals surface area contributed by atoms with E-state index < -0.39 is 0 Å². The second kappa shape index (κ2) is 8.84. The molecule has 0 aliphatic heterocycles. The Morgan fingerprint density at radius 2 is 1.72 bits per heavy atom. The van der Waals surface area contributed by atoms with Gasteiger partial charge in [0.1, 0.15) is 12.4 Å². The molecular formula is C27H31NO. The van der Waals surface area contributed by atoms with Crippen LogP contribution in [-0.4, -0.2) is 25.5 Å². The van der Waals surface area contributed by atoms with Crippen LogP contribution in [0.5, 0.6) is 5.75 Å². The van der Waals surface area contributed by atoms with Crippen LogP contribution in [0.1, 0.15) is 28.7 Å². The van der Waals surface area contributed by atoms with Crippen LogP contribution in [0.25, 0.3) is 11.1 Å². The lowest BCUT2D eigenvalue weighted by Crippen LogP contribution is -2.26. The number of benzene rings is 3. The molecule has 0 heterocycles. The van der Waals surface area contributed by atoms with E-state index in [1.807, 2.05) is 0 Å². The first kappa shape index (κ1) is 19.7. The Morgan fingerprint density at radius 3 is 2.48 bits per heavy atom. The Hall–Kier alpha value is -2.58. The maximum atomic E-state index is 6.11. The third-order valence-electron chi connectivity index (χ3n) is 5.84. The highest BCUT2D eigenvalue weighted by molar-refractivity contribution is 5.64. The molecule has 29 heavy (non-hydrogen) atoms. The van der Waals surface area contributed by atoms with Crippen molar-refractivity contribution in [2.45, 2.75) is 32.8 Å². The average molecular weight is 386 g/mol. The Morgan fingerprint density at radius 1 is 0.897 bits per heavy atom. The van der Waals surface area contributed by atoms with E-state index in [-0.39, 0.29) is 0 Å². The van der Waals surface area contributed by atoms with Crippen molar-refractivity contribution in [1.29, 1.82) is 0 Å². The van der Waals surface area contributed by atoms with Gasteiger partial charge in [0.05, 0.1) is 0 Å². The van der Waals surface area contributed by atoms with Gasteiger partial charge in [-0.25, -0.2) is 0 Å². The Balaban J connectivity index is 1.37. The van der Waals surface area contributed by atoms with E-state index in [1.54, 1.807) is 0 Å². The first-order chi connectivity index (χ1) is 14.1. The topological polar surface area (TPSA) is 12.5 Å². The molecule has 0 fully saturated rings. The quantitative estimate of drug-likeness (QED) is 0.523. The molecule has 0 bridgehead atoms. The van der Waals surface area contributed by atoms with Crippen molar-refractivity contribution in [1.82, 2.24) is 4.90 Å². The lowest BCUT2D eigenvalue weighted by atomic mass is 9.83. The Kier molecular flexibility index (Phi) is 6.01. The third-order valence-corrected chi connectivity index (χ3v) is 5.84. The van der Waals surface area contributed by atoms with Crippen LogP contribution in [-0.2, 0) is 19.4 Å². The maximum absolute atomic E-state index is 6.11. The van der Waals surface area contributed by atoms with E-state index in [2.05, 4.69) is 92.6 Å². The zero-order chi connectivity index (χ0) is 20.2. The van der Waals surface area contributed by atoms with Crippen LogP contribution in [0, 0.1) is 12.8 Å². The molecule has 1 aliphatic rings. The van der Waals surface area contributed by atoms with Gasteiger partial charge in [0.15, 0.2) is 0 Å². The SMILES string of the molecule is Cc1cccc(-c2ccc(COc3ccc4c(c3)CCC(CN(C)C)C4)cc2)c1. The van der Waals surface area contributed by atoms with Crippen molar-refractivity contribution in [3.63, 3.8) is 0 Å². The summed E-state index contributed by atoms with van der Waals surface area (Å²) in [4.78, 5) is 2.30. The smallest absolute Gasteiger partial charge is 0.120 e. The van der Waals surface area contributed by atoms with E-state index in [4.69, 9.17) is 4.74 Å². The van der Waals surface area contributed by atoms with Gasteiger partial charge in [0.25, 0.3) is 0 Å². The third kappa shape index (κ3) is 5.07. The highest BCUT2D eigenvalue weighted by atomic mass is 16.5. The molecule has 1 aliphatic carbocycles. The first-order valence-electron chi connectivity index (χ1n) is 10.6. The average Bonchev–Trinajstić information content (AvgIpc) is 2.72. The number of hydrogen-bond acceptors (Lipinski definition) is 2. The summed E-state index contributed by atoms with van der Waals surface area (Å²) in [6.07, 6.45) is 3.62. The van der Waals surface area contributed by atoms with Gasteiger partial charge in [-0.05, 0) is 86.1 Å². The molecule has 150 valence electrons. The van der Waals surface area contributed by atoms with Crippen LogP contribution in [0.2, 0.25) is 0 Å². The zero-order valence-electron chi connectivity index (χ0n) is 17.8. The summed E-state index contributed by atoms with van der Waals surface area (Å²) >= 11 is 0. The molecule has 2 nitrogen and oxygen atoms in total. The van der Waals surface area contributed by atoms with Crippen LogP contribution >= 0.6 is 0 Å². The van der Waals surface area contributed by atoms with Crippen molar-refractivity contribution in [3.05, 3.63) is 89.0 Å². The minimum absolute atomic E-state index is 0.607. The Labute approximate surface area is 175 Å². The molecule has 0 spiro atoms. The predicted octanol–water partition coefficient (Wildman–Crippen LogP) is 5.91. The van der Waals surface area contributed by atoms with E-state index in [1.165, 1.54) is 52.8 Å². The minimum Gasteiger partial charge on any atom is -0.489 e. The minimum atomic E-state index is 0.607. The Bertz CT molecular complexity index is 959. The summed E-state index contributed by atoms with van der Waals surface area (Å²) in [5.41, 5.74) is 7.96. The summed E-state index contributed by atoms with van der Waals surface area (Å²) in [5, 5.41) is 0. The van der Waals surface area contributed by atoms with E-state index >= 15 is 0 Å². The predicted molar refractivity (Wildman–Crippen MR) is 121 cm³/mol. The number of hydrogen-bond donors (Lipinski definition) is 0. The molecule has 3 aromatic carbocycles. The molecule has 4 rings (SSSR count). The molecular weight excluding hydrogens is 354 g/mol. The van der Waals surface area contributed by atoms with Gasteiger partial charge in [0.2, 0.25) is 0 Å². The van der Waals surface area contributed by atoms with Crippen molar-refractivity contribution in [2.24, 2.45) is 5.92 Å². The highest BCUT2D eigenvalue weighted by Crippen LogP contribution is 2.29. The zero-order valence-corrected chi connectivity index (χ0v) is 17.8. The van der Waals surface area contributed by atoms with Crippen LogP contribution in [0.15, 0.2) is 66.7 Å².